The van der Waals surface area contributed by atoms with Crippen molar-refractivity contribution in [2.75, 3.05) is 20.3 Å². The maximum absolute atomic E-state index is 13.0. The van der Waals surface area contributed by atoms with Crippen molar-refractivity contribution in [1.82, 2.24) is 4.90 Å². The van der Waals surface area contributed by atoms with Crippen LogP contribution in [0.4, 0.5) is 4.79 Å². The summed E-state index contributed by atoms with van der Waals surface area (Å²) < 4.78 is 42.0. The average molecular weight is 588 g/mol. The summed E-state index contributed by atoms with van der Waals surface area (Å²) in [5.74, 6) is 0.0945. The molecule has 3 aromatic rings. The van der Waals surface area contributed by atoms with Gasteiger partial charge in [0.15, 0.2) is 5.75 Å². The van der Waals surface area contributed by atoms with Gasteiger partial charge in [-0.2, -0.15) is 8.42 Å². The number of ether oxygens (including phenoxy) is 2. The SMILES string of the molecule is COc1cc(/C=C2\SC(=O)N(CCOc3cc(C)ccc3C)C2=O)cc(Cl)c1OS(=O)(=O)c1ccc(C)cc1. The molecule has 1 saturated heterocycles. The zero-order chi connectivity index (χ0) is 28.3. The zero-order valence-electron chi connectivity index (χ0n) is 21.7. The molecular weight excluding hydrogens is 562 g/mol. The minimum absolute atomic E-state index is 0.0366. The summed E-state index contributed by atoms with van der Waals surface area (Å²) in [6.45, 7) is 5.95. The number of rotatable bonds is 9. The maximum atomic E-state index is 13.0. The number of aryl methyl sites for hydroxylation is 3. The van der Waals surface area contributed by atoms with Gasteiger partial charge >= 0.3 is 10.1 Å². The van der Waals surface area contributed by atoms with E-state index in [1.165, 1.54) is 37.5 Å². The van der Waals surface area contributed by atoms with Crippen LogP contribution in [-0.4, -0.2) is 44.7 Å². The molecule has 0 aliphatic carbocycles. The molecule has 0 unspecified atom stereocenters. The number of thioether (sulfide) groups is 1. The second-order valence-electron chi connectivity index (χ2n) is 8.84. The molecule has 0 atom stereocenters. The molecule has 1 heterocycles. The molecule has 1 aliphatic rings. The van der Waals surface area contributed by atoms with Crippen LogP contribution >= 0.6 is 23.4 Å². The topological polar surface area (TPSA) is 99.2 Å². The van der Waals surface area contributed by atoms with Crippen molar-refractivity contribution in [2.45, 2.75) is 25.7 Å². The molecule has 39 heavy (non-hydrogen) atoms. The van der Waals surface area contributed by atoms with Crippen molar-refractivity contribution >= 4 is 50.7 Å². The van der Waals surface area contributed by atoms with E-state index >= 15 is 0 Å². The molecule has 204 valence electrons. The van der Waals surface area contributed by atoms with Gasteiger partial charge in [0, 0.05) is 0 Å². The average Bonchev–Trinajstić information content (AvgIpc) is 3.15. The smallest absolute Gasteiger partial charge is 0.339 e. The van der Waals surface area contributed by atoms with E-state index in [0.29, 0.717) is 11.3 Å². The molecule has 2 amide bonds. The fourth-order valence-corrected chi connectivity index (χ4v) is 5.85. The molecule has 0 saturated carbocycles. The summed E-state index contributed by atoms with van der Waals surface area (Å²) in [6, 6.07) is 14.9. The van der Waals surface area contributed by atoms with E-state index in [1.807, 2.05) is 39.0 Å². The highest BCUT2D eigenvalue weighted by atomic mass is 35.5. The van der Waals surface area contributed by atoms with Crippen LogP contribution in [-0.2, 0) is 14.9 Å². The van der Waals surface area contributed by atoms with E-state index in [9.17, 15) is 18.0 Å². The number of carbonyl (C=O) groups is 2. The summed E-state index contributed by atoms with van der Waals surface area (Å²) in [4.78, 5) is 26.8. The lowest BCUT2D eigenvalue weighted by molar-refractivity contribution is -0.123. The molecule has 3 aromatic carbocycles. The number of hydrogen-bond donors (Lipinski definition) is 0. The largest absolute Gasteiger partial charge is 0.493 e. The molecule has 11 heteroatoms. The van der Waals surface area contributed by atoms with Crippen LogP contribution in [0.25, 0.3) is 6.08 Å². The summed E-state index contributed by atoms with van der Waals surface area (Å²) >= 11 is 7.17. The monoisotopic (exact) mass is 587 g/mol. The van der Waals surface area contributed by atoms with Crippen molar-refractivity contribution < 1.29 is 31.7 Å². The number of imide groups is 1. The van der Waals surface area contributed by atoms with Crippen LogP contribution in [0.3, 0.4) is 0 Å². The molecular formula is C28H26ClNO7S2. The van der Waals surface area contributed by atoms with Crippen molar-refractivity contribution in [3.63, 3.8) is 0 Å². The first-order valence-corrected chi connectivity index (χ1v) is 14.4. The highest BCUT2D eigenvalue weighted by molar-refractivity contribution is 8.18. The highest BCUT2D eigenvalue weighted by Gasteiger charge is 2.35. The van der Waals surface area contributed by atoms with Gasteiger partial charge in [-0.25, -0.2) is 0 Å². The summed E-state index contributed by atoms with van der Waals surface area (Å²) in [6.07, 6.45) is 1.49. The number of halogens is 1. The Hall–Kier alpha value is -3.47. The molecule has 0 radical (unpaired) electrons. The number of hydrogen-bond acceptors (Lipinski definition) is 8. The molecule has 0 bridgehead atoms. The van der Waals surface area contributed by atoms with E-state index in [1.54, 1.807) is 12.1 Å². The Kier molecular flexibility index (Phi) is 8.58. The fraction of sp³-hybridized carbons (Fsp3) is 0.214. The number of amides is 2. The van der Waals surface area contributed by atoms with Gasteiger partial charge in [-0.3, -0.25) is 14.5 Å². The van der Waals surface area contributed by atoms with Crippen LogP contribution in [0.1, 0.15) is 22.3 Å². The molecule has 8 nitrogen and oxygen atoms in total. The highest BCUT2D eigenvalue weighted by Crippen LogP contribution is 2.40. The van der Waals surface area contributed by atoms with Gasteiger partial charge in [-0.15, -0.1) is 0 Å². The fourth-order valence-electron chi connectivity index (χ4n) is 3.72. The van der Waals surface area contributed by atoms with Gasteiger partial charge in [0.1, 0.15) is 17.3 Å². The Bertz CT molecular complexity index is 1570. The number of nitrogens with zero attached hydrogens (tertiary/aromatic N) is 1. The van der Waals surface area contributed by atoms with Gasteiger partial charge < -0.3 is 13.7 Å². The zero-order valence-corrected chi connectivity index (χ0v) is 24.1. The van der Waals surface area contributed by atoms with Crippen LogP contribution in [0.15, 0.2) is 64.4 Å². The lowest BCUT2D eigenvalue weighted by Gasteiger charge is -2.15. The molecule has 0 N–H and O–H groups in total. The molecule has 0 aromatic heterocycles. The Balaban J connectivity index is 1.50. The third kappa shape index (κ3) is 6.58. The number of benzene rings is 3. The van der Waals surface area contributed by atoms with Crippen molar-refractivity contribution in [3.05, 3.63) is 86.8 Å². The summed E-state index contributed by atoms with van der Waals surface area (Å²) in [5.41, 5.74) is 3.32. The first kappa shape index (κ1) is 28.5. The Morgan fingerprint density at radius 2 is 1.64 bits per heavy atom. The molecule has 1 fully saturated rings. The predicted octanol–water partition coefficient (Wildman–Crippen LogP) is 6.16. The molecule has 4 rings (SSSR count). The van der Waals surface area contributed by atoms with Gasteiger partial charge in [-0.1, -0.05) is 41.4 Å². The third-order valence-electron chi connectivity index (χ3n) is 5.84. The standard InChI is InChI=1S/C28H26ClNO7S2/c1-17-6-9-21(10-7-17)39(33,34)37-26-22(29)14-20(15-24(26)35-4)16-25-27(31)30(28(32)38-25)11-12-36-23-13-18(2)5-8-19(23)3/h5-10,13-16H,11-12H2,1-4H3/b25-16-. The quantitative estimate of drug-likeness (QED) is 0.217. The second kappa shape index (κ2) is 11.7. The normalized spacial score (nSPS) is 14.7. The number of methoxy groups -OCH3 is 1. The van der Waals surface area contributed by atoms with Gasteiger partial charge in [0.25, 0.3) is 11.1 Å². The first-order chi connectivity index (χ1) is 18.5. The van der Waals surface area contributed by atoms with E-state index in [0.717, 1.165) is 33.4 Å². The minimum Gasteiger partial charge on any atom is -0.493 e. The maximum Gasteiger partial charge on any atom is 0.339 e. The summed E-state index contributed by atoms with van der Waals surface area (Å²) in [7, 11) is -2.84. The van der Waals surface area contributed by atoms with Crippen molar-refractivity contribution in [3.8, 4) is 17.2 Å². The minimum atomic E-state index is -4.18. The molecule has 0 spiro atoms. The van der Waals surface area contributed by atoms with E-state index < -0.39 is 21.3 Å². The third-order valence-corrected chi connectivity index (χ3v) is 8.27. The van der Waals surface area contributed by atoms with Crippen molar-refractivity contribution in [1.29, 1.82) is 0 Å². The predicted molar refractivity (Wildman–Crippen MR) is 151 cm³/mol. The van der Waals surface area contributed by atoms with Crippen LogP contribution in [0.2, 0.25) is 5.02 Å². The van der Waals surface area contributed by atoms with Crippen LogP contribution in [0.5, 0.6) is 17.2 Å². The van der Waals surface area contributed by atoms with E-state index in [-0.39, 0.29) is 39.5 Å². The molecule has 1 aliphatic heterocycles. The Labute approximate surface area is 236 Å². The summed E-state index contributed by atoms with van der Waals surface area (Å²) in [5, 5.41) is -0.463. The van der Waals surface area contributed by atoms with Gasteiger partial charge in [0.05, 0.1) is 23.6 Å². The number of carbonyl (C=O) groups excluding carboxylic acids is 2. The van der Waals surface area contributed by atoms with Crippen molar-refractivity contribution in [2.24, 2.45) is 0 Å². The van der Waals surface area contributed by atoms with Crippen LogP contribution in [0, 0.1) is 20.8 Å². The van der Waals surface area contributed by atoms with Gasteiger partial charge in [-0.05, 0) is 85.6 Å². The van der Waals surface area contributed by atoms with E-state index in [4.69, 9.17) is 25.3 Å². The lowest BCUT2D eigenvalue weighted by Crippen LogP contribution is -2.32. The van der Waals surface area contributed by atoms with E-state index in [2.05, 4.69) is 0 Å². The second-order valence-corrected chi connectivity index (χ2v) is 11.8. The Morgan fingerprint density at radius 3 is 2.33 bits per heavy atom. The van der Waals surface area contributed by atoms with Crippen LogP contribution < -0.4 is 13.7 Å². The first-order valence-electron chi connectivity index (χ1n) is 11.8. The lowest BCUT2D eigenvalue weighted by atomic mass is 10.1. The Morgan fingerprint density at radius 1 is 0.949 bits per heavy atom. The van der Waals surface area contributed by atoms with Gasteiger partial charge in [0.2, 0.25) is 5.75 Å².